The summed E-state index contributed by atoms with van der Waals surface area (Å²) in [6, 6.07) is 3.82. The molecule has 1 atom stereocenters. The van der Waals surface area contributed by atoms with Crippen molar-refractivity contribution >= 4 is 5.91 Å². The lowest BCUT2D eigenvalue weighted by molar-refractivity contribution is -0.121. The van der Waals surface area contributed by atoms with Crippen LogP contribution in [0, 0.1) is 13.8 Å². The summed E-state index contributed by atoms with van der Waals surface area (Å²) in [7, 11) is 0. The van der Waals surface area contributed by atoms with E-state index >= 15 is 0 Å². The van der Waals surface area contributed by atoms with Gasteiger partial charge in [0.1, 0.15) is 0 Å². The normalized spacial score (nSPS) is 12.2. The third-order valence-corrected chi connectivity index (χ3v) is 3.47. The van der Waals surface area contributed by atoms with Crippen molar-refractivity contribution in [2.75, 3.05) is 0 Å². The maximum Gasteiger partial charge on any atom is 0.220 e. The van der Waals surface area contributed by atoms with Gasteiger partial charge in [0.05, 0.1) is 11.7 Å². The standard InChI is InChI=1S/C15H20N4O/c1-10(13-6-8-16-9-7-13)17-15(20)5-4-14-11(2)18-19-12(14)3/h6-10H,4-5H2,1-3H3,(H,17,20)(H,18,19)/t10-/m0/s1. The first-order valence-corrected chi connectivity index (χ1v) is 6.77. The number of nitrogens with one attached hydrogen (secondary N) is 2. The number of carbonyl (C=O) groups is 1. The van der Waals surface area contributed by atoms with Crippen LogP contribution < -0.4 is 5.32 Å². The number of hydrogen-bond acceptors (Lipinski definition) is 3. The Morgan fingerprint density at radius 1 is 1.35 bits per heavy atom. The summed E-state index contributed by atoms with van der Waals surface area (Å²) in [5.74, 6) is 0.0503. The number of pyridine rings is 1. The number of amides is 1. The molecule has 0 aromatic carbocycles. The molecular formula is C15H20N4O. The van der Waals surface area contributed by atoms with Gasteiger partial charge in [0.2, 0.25) is 5.91 Å². The van der Waals surface area contributed by atoms with E-state index in [1.54, 1.807) is 12.4 Å². The molecule has 0 saturated heterocycles. The van der Waals surface area contributed by atoms with E-state index in [0.29, 0.717) is 12.8 Å². The van der Waals surface area contributed by atoms with E-state index < -0.39 is 0 Å². The molecule has 2 heterocycles. The first-order chi connectivity index (χ1) is 9.58. The number of aryl methyl sites for hydroxylation is 2. The van der Waals surface area contributed by atoms with Gasteiger partial charge in [-0.25, -0.2) is 0 Å². The van der Waals surface area contributed by atoms with E-state index in [-0.39, 0.29) is 11.9 Å². The van der Waals surface area contributed by atoms with Gasteiger partial charge in [-0.3, -0.25) is 14.9 Å². The lowest BCUT2D eigenvalue weighted by atomic mass is 10.1. The van der Waals surface area contributed by atoms with Crippen molar-refractivity contribution in [3.63, 3.8) is 0 Å². The van der Waals surface area contributed by atoms with E-state index in [2.05, 4.69) is 20.5 Å². The van der Waals surface area contributed by atoms with Gasteiger partial charge in [0.15, 0.2) is 0 Å². The highest BCUT2D eigenvalue weighted by atomic mass is 16.1. The summed E-state index contributed by atoms with van der Waals surface area (Å²) >= 11 is 0. The zero-order valence-electron chi connectivity index (χ0n) is 12.1. The van der Waals surface area contributed by atoms with Crippen molar-refractivity contribution in [1.82, 2.24) is 20.5 Å². The summed E-state index contributed by atoms with van der Waals surface area (Å²) in [5.41, 5.74) is 4.20. The molecule has 0 saturated carbocycles. The molecule has 106 valence electrons. The van der Waals surface area contributed by atoms with E-state index in [0.717, 1.165) is 22.5 Å². The maximum absolute atomic E-state index is 12.0. The number of carbonyl (C=O) groups excluding carboxylic acids is 1. The molecule has 2 aromatic rings. The topological polar surface area (TPSA) is 70.7 Å². The minimum Gasteiger partial charge on any atom is -0.350 e. The first-order valence-electron chi connectivity index (χ1n) is 6.77. The van der Waals surface area contributed by atoms with Crippen molar-refractivity contribution in [1.29, 1.82) is 0 Å². The number of rotatable bonds is 5. The number of H-pyrrole nitrogens is 1. The van der Waals surface area contributed by atoms with Crippen molar-refractivity contribution in [2.45, 2.75) is 39.7 Å². The van der Waals surface area contributed by atoms with E-state index in [1.165, 1.54) is 0 Å². The molecule has 5 nitrogen and oxygen atoms in total. The Labute approximate surface area is 118 Å². The largest absolute Gasteiger partial charge is 0.350 e. The van der Waals surface area contributed by atoms with Gasteiger partial charge in [0, 0.05) is 24.5 Å². The third-order valence-electron chi connectivity index (χ3n) is 3.47. The monoisotopic (exact) mass is 272 g/mol. The zero-order chi connectivity index (χ0) is 14.5. The highest BCUT2D eigenvalue weighted by Gasteiger charge is 2.12. The quantitative estimate of drug-likeness (QED) is 0.876. The summed E-state index contributed by atoms with van der Waals surface area (Å²) in [4.78, 5) is 16.0. The molecule has 2 rings (SSSR count). The molecule has 5 heteroatoms. The number of nitrogens with zero attached hydrogens (tertiary/aromatic N) is 2. The fourth-order valence-electron chi connectivity index (χ4n) is 2.23. The summed E-state index contributed by atoms with van der Waals surface area (Å²) < 4.78 is 0. The van der Waals surface area contributed by atoms with Gasteiger partial charge in [0.25, 0.3) is 0 Å². The van der Waals surface area contributed by atoms with Gasteiger partial charge < -0.3 is 5.32 Å². The molecule has 0 bridgehead atoms. The average Bonchev–Trinajstić information content (AvgIpc) is 2.77. The fourth-order valence-corrected chi connectivity index (χ4v) is 2.23. The molecule has 0 spiro atoms. The first kappa shape index (κ1) is 14.2. The van der Waals surface area contributed by atoms with Crippen molar-refractivity contribution in [3.8, 4) is 0 Å². The van der Waals surface area contributed by atoms with Gasteiger partial charge in [-0.2, -0.15) is 5.10 Å². The maximum atomic E-state index is 12.0. The van der Waals surface area contributed by atoms with Crippen LogP contribution in [0.25, 0.3) is 0 Å². The molecule has 0 aliphatic heterocycles. The van der Waals surface area contributed by atoms with Crippen LogP contribution in [0.2, 0.25) is 0 Å². The molecule has 0 radical (unpaired) electrons. The van der Waals surface area contributed by atoms with Crippen LogP contribution in [0.1, 0.15) is 41.9 Å². The van der Waals surface area contributed by atoms with E-state index in [1.807, 2.05) is 32.9 Å². The minimum absolute atomic E-state index is 0.00274. The number of aromatic amines is 1. The molecule has 2 N–H and O–H groups in total. The molecule has 20 heavy (non-hydrogen) atoms. The summed E-state index contributed by atoms with van der Waals surface area (Å²) in [6.07, 6.45) is 4.64. The summed E-state index contributed by atoms with van der Waals surface area (Å²) in [6.45, 7) is 5.91. The summed E-state index contributed by atoms with van der Waals surface area (Å²) in [5, 5.41) is 10.1. The molecule has 0 aliphatic rings. The van der Waals surface area contributed by atoms with Crippen LogP contribution in [0.5, 0.6) is 0 Å². The van der Waals surface area contributed by atoms with Gasteiger partial charge in [-0.05, 0) is 50.5 Å². The molecule has 2 aromatic heterocycles. The lowest BCUT2D eigenvalue weighted by Gasteiger charge is -2.14. The SMILES string of the molecule is Cc1n[nH]c(C)c1CCC(=O)N[C@@H](C)c1ccncc1. The van der Waals surface area contributed by atoms with Gasteiger partial charge >= 0.3 is 0 Å². The van der Waals surface area contributed by atoms with Crippen molar-refractivity contribution in [2.24, 2.45) is 0 Å². The Kier molecular flexibility index (Phi) is 4.50. The highest BCUT2D eigenvalue weighted by Crippen LogP contribution is 2.13. The Morgan fingerprint density at radius 3 is 2.65 bits per heavy atom. The smallest absolute Gasteiger partial charge is 0.220 e. The Bertz CT molecular complexity index is 557. The Morgan fingerprint density at radius 2 is 2.05 bits per heavy atom. The molecule has 0 aliphatic carbocycles. The predicted molar refractivity (Wildman–Crippen MR) is 77.2 cm³/mol. The molecule has 0 unspecified atom stereocenters. The third kappa shape index (κ3) is 3.44. The molecule has 0 fully saturated rings. The average molecular weight is 272 g/mol. The number of hydrogen-bond donors (Lipinski definition) is 2. The van der Waals surface area contributed by atoms with Crippen molar-refractivity contribution in [3.05, 3.63) is 47.0 Å². The minimum atomic E-state index is -0.00274. The lowest BCUT2D eigenvalue weighted by Crippen LogP contribution is -2.26. The molecule has 1 amide bonds. The second kappa shape index (κ2) is 6.32. The second-order valence-electron chi connectivity index (χ2n) is 4.98. The highest BCUT2D eigenvalue weighted by molar-refractivity contribution is 5.76. The fraction of sp³-hybridized carbons (Fsp3) is 0.400. The second-order valence-corrected chi connectivity index (χ2v) is 4.98. The van der Waals surface area contributed by atoms with E-state index in [9.17, 15) is 4.79 Å². The molecular weight excluding hydrogens is 252 g/mol. The zero-order valence-corrected chi connectivity index (χ0v) is 12.1. The van der Waals surface area contributed by atoms with Gasteiger partial charge in [-0.15, -0.1) is 0 Å². The van der Waals surface area contributed by atoms with E-state index in [4.69, 9.17) is 0 Å². The Balaban J connectivity index is 1.87. The van der Waals surface area contributed by atoms with Crippen molar-refractivity contribution < 1.29 is 4.79 Å². The van der Waals surface area contributed by atoms with Crippen LogP contribution in [0.15, 0.2) is 24.5 Å². The Hall–Kier alpha value is -2.17. The van der Waals surface area contributed by atoms with Crippen LogP contribution >= 0.6 is 0 Å². The van der Waals surface area contributed by atoms with Crippen LogP contribution in [0.3, 0.4) is 0 Å². The predicted octanol–water partition coefficient (Wildman–Crippen LogP) is 2.23. The van der Waals surface area contributed by atoms with Gasteiger partial charge in [-0.1, -0.05) is 0 Å². The number of aromatic nitrogens is 3. The van der Waals surface area contributed by atoms with Crippen LogP contribution in [-0.2, 0) is 11.2 Å². The van der Waals surface area contributed by atoms with Crippen LogP contribution in [-0.4, -0.2) is 21.1 Å². The van der Waals surface area contributed by atoms with Crippen LogP contribution in [0.4, 0.5) is 0 Å².